The number of aliphatic hydroxyl groups is 1. The second-order valence-corrected chi connectivity index (χ2v) is 10.4. The molecule has 4 aliphatic heterocycles. The zero-order chi connectivity index (χ0) is 21.7. The Balaban J connectivity index is 1.39. The first-order valence-corrected chi connectivity index (χ1v) is 11.5. The van der Waals surface area contributed by atoms with Crippen LogP contribution in [0.25, 0.3) is 0 Å². The van der Waals surface area contributed by atoms with Gasteiger partial charge in [0.05, 0.1) is 18.1 Å². The molecule has 10 heteroatoms. The van der Waals surface area contributed by atoms with Crippen LogP contribution in [-0.4, -0.2) is 92.9 Å². The van der Waals surface area contributed by atoms with Crippen LogP contribution in [0.15, 0.2) is 10.6 Å². The van der Waals surface area contributed by atoms with Crippen LogP contribution < -0.4 is 5.73 Å². The van der Waals surface area contributed by atoms with Crippen molar-refractivity contribution < 1.29 is 19.8 Å². The largest absolute Gasteiger partial charge is 0.477 e. The first-order chi connectivity index (χ1) is 14.2. The van der Waals surface area contributed by atoms with Crippen LogP contribution in [0.3, 0.4) is 0 Å². The molecule has 0 aromatic rings. The summed E-state index contributed by atoms with van der Waals surface area (Å²) < 4.78 is 0. The Labute approximate surface area is 180 Å². The molecule has 0 bridgehead atoms. The lowest BCUT2D eigenvalue weighted by molar-refractivity contribution is -0.163. The predicted octanol–water partition coefficient (Wildman–Crippen LogP) is 0.163. The van der Waals surface area contributed by atoms with Crippen molar-refractivity contribution in [3.63, 3.8) is 0 Å². The number of carbonyl (C=O) groups is 2. The lowest BCUT2D eigenvalue weighted by Crippen LogP contribution is -2.63. The molecule has 4 heterocycles. The number of hydrogen-bond donors (Lipinski definition) is 4. The van der Waals surface area contributed by atoms with Crippen molar-refractivity contribution in [2.24, 2.45) is 23.5 Å². The molecule has 166 valence electrons. The van der Waals surface area contributed by atoms with Gasteiger partial charge in [-0.1, -0.05) is 6.92 Å². The lowest BCUT2D eigenvalue weighted by Gasteiger charge is -2.46. The summed E-state index contributed by atoms with van der Waals surface area (Å²) in [6.07, 6.45) is 1.25. The van der Waals surface area contributed by atoms with E-state index >= 15 is 0 Å². The van der Waals surface area contributed by atoms with Gasteiger partial charge in [0.15, 0.2) is 5.96 Å². The number of hydrogen-bond acceptors (Lipinski definition) is 6. The Kier molecular flexibility index (Phi) is 5.75. The quantitative estimate of drug-likeness (QED) is 0.262. The van der Waals surface area contributed by atoms with Gasteiger partial charge in [0.1, 0.15) is 5.70 Å². The highest BCUT2D eigenvalue weighted by Gasteiger charge is 2.60. The summed E-state index contributed by atoms with van der Waals surface area (Å²) in [7, 11) is 0. The summed E-state index contributed by atoms with van der Waals surface area (Å²) in [5.74, 6) is -1.28. The van der Waals surface area contributed by atoms with Gasteiger partial charge in [0.25, 0.3) is 0 Å². The SMILES string of the molecule is C[C@@H](O)[C@H]1C(=O)N2C(C(=O)O)=C(S[C@@H]3CCN(C[C@@H]4CCN(C(=N)N)C4)C3)[C@H](C)[C@H]12. The summed E-state index contributed by atoms with van der Waals surface area (Å²) in [6, 6.07) is -0.250. The van der Waals surface area contributed by atoms with Gasteiger partial charge in [-0.25, -0.2) is 4.79 Å². The molecule has 1 amide bonds. The van der Waals surface area contributed by atoms with E-state index in [0.717, 1.165) is 50.5 Å². The first-order valence-electron chi connectivity index (χ1n) is 10.7. The zero-order valence-corrected chi connectivity index (χ0v) is 18.3. The number of likely N-dealkylation sites (tertiary alicyclic amines) is 2. The van der Waals surface area contributed by atoms with E-state index in [1.54, 1.807) is 18.7 Å². The molecule has 0 aromatic carbocycles. The van der Waals surface area contributed by atoms with E-state index in [1.807, 2.05) is 11.8 Å². The van der Waals surface area contributed by atoms with E-state index in [2.05, 4.69) is 4.90 Å². The van der Waals surface area contributed by atoms with Gasteiger partial charge in [-0.05, 0) is 32.2 Å². The fourth-order valence-corrected chi connectivity index (χ4v) is 7.00. The van der Waals surface area contributed by atoms with Gasteiger partial charge in [-0.15, -0.1) is 11.8 Å². The molecule has 5 N–H and O–H groups in total. The van der Waals surface area contributed by atoms with Crippen LogP contribution in [-0.2, 0) is 9.59 Å². The van der Waals surface area contributed by atoms with Crippen molar-refractivity contribution in [1.29, 1.82) is 5.41 Å². The number of aliphatic hydroxyl groups excluding tert-OH is 1. The minimum Gasteiger partial charge on any atom is -0.477 e. The summed E-state index contributed by atoms with van der Waals surface area (Å²) in [5, 5.41) is 27.6. The molecule has 6 atom stereocenters. The Hall–Kier alpha value is -1.78. The average molecular weight is 438 g/mol. The number of amides is 1. The summed E-state index contributed by atoms with van der Waals surface area (Å²) >= 11 is 1.61. The maximum absolute atomic E-state index is 12.5. The maximum atomic E-state index is 12.5. The number of nitrogens with one attached hydrogen (secondary N) is 1. The van der Waals surface area contributed by atoms with Crippen LogP contribution in [0.5, 0.6) is 0 Å². The number of nitrogens with zero attached hydrogens (tertiary/aromatic N) is 3. The number of carboxylic acids is 1. The van der Waals surface area contributed by atoms with Gasteiger partial charge in [-0.2, -0.15) is 0 Å². The third-order valence-corrected chi connectivity index (χ3v) is 8.51. The number of carbonyl (C=O) groups excluding carboxylic acids is 1. The summed E-state index contributed by atoms with van der Waals surface area (Å²) in [4.78, 5) is 30.9. The number of thioether (sulfide) groups is 1. The zero-order valence-electron chi connectivity index (χ0n) is 17.5. The molecule has 0 radical (unpaired) electrons. The molecule has 0 unspecified atom stereocenters. The summed E-state index contributed by atoms with van der Waals surface area (Å²) in [5.41, 5.74) is 5.71. The molecule has 0 aromatic heterocycles. The molecule has 0 aliphatic carbocycles. The highest BCUT2D eigenvalue weighted by molar-refractivity contribution is 8.03. The minimum absolute atomic E-state index is 0.0774. The Morgan fingerprint density at radius 2 is 2.07 bits per heavy atom. The molecule has 3 fully saturated rings. The van der Waals surface area contributed by atoms with E-state index < -0.39 is 18.0 Å². The Morgan fingerprint density at radius 1 is 1.33 bits per heavy atom. The molecule has 0 saturated carbocycles. The second-order valence-electron chi connectivity index (χ2n) is 9.05. The van der Waals surface area contributed by atoms with Crippen molar-refractivity contribution >= 4 is 29.6 Å². The van der Waals surface area contributed by atoms with Gasteiger partial charge >= 0.3 is 5.97 Å². The fourth-order valence-electron chi connectivity index (χ4n) is 5.48. The maximum Gasteiger partial charge on any atom is 0.353 e. The van der Waals surface area contributed by atoms with Gasteiger partial charge in [0.2, 0.25) is 5.91 Å². The van der Waals surface area contributed by atoms with E-state index in [0.29, 0.717) is 11.2 Å². The van der Waals surface area contributed by atoms with Crippen molar-refractivity contribution in [1.82, 2.24) is 14.7 Å². The van der Waals surface area contributed by atoms with Crippen molar-refractivity contribution in [3.8, 4) is 0 Å². The van der Waals surface area contributed by atoms with E-state index in [4.69, 9.17) is 11.1 Å². The minimum atomic E-state index is -1.06. The van der Waals surface area contributed by atoms with Crippen LogP contribution >= 0.6 is 11.8 Å². The summed E-state index contributed by atoms with van der Waals surface area (Å²) in [6.45, 7) is 8.08. The molecule has 30 heavy (non-hydrogen) atoms. The number of β-lactam (4-membered cyclic amide) rings is 1. The number of guanidine groups is 1. The molecule has 3 saturated heterocycles. The molecule has 4 rings (SSSR count). The number of carboxylic acid groups (broad SMARTS) is 1. The molecule has 0 spiro atoms. The highest BCUT2D eigenvalue weighted by Crippen LogP contribution is 2.51. The van der Waals surface area contributed by atoms with Crippen LogP contribution in [0.4, 0.5) is 0 Å². The second kappa shape index (κ2) is 8.05. The Bertz CT molecular complexity index is 787. The topological polar surface area (TPSA) is 134 Å². The van der Waals surface area contributed by atoms with Crippen LogP contribution in [0.2, 0.25) is 0 Å². The van der Waals surface area contributed by atoms with Gasteiger partial charge in [-0.3, -0.25) is 10.2 Å². The lowest BCUT2D eigenvalue weighted by atomic mass is 9.79. The Morgan fingerprint density at radius 3 is 2.67 bits per heavy atom. The van der Waals surface area contributed by atoms with Crippen molar-refractivity contribution in [2.45, 2.75) is 44.1 Å². The predicted molar refractivity (Wildman–Crippen MR) is 114 cm³/mol. The molecule has 4 aliphatic rings. The normalized spacial score (nSPS) is 35.0. The van der Waals surface area contributed by atoms with Crippen LogP contribution in [0.1, 0.15) is 26.7 Å². The molecular weight excluding hydrogens is 406 g/mol. The third-order valence-electron chi connectivity index (χ3n) is 6.98. The van der Waals surface area contributed by atoms with Gasteiger partial charge in [0, 0.05) is 42.3 Å². The molecule has 9 nitrogen and oxygen atoms in total. The van der Waals surface area contributed by atoms with Crippen molar-refractivity contribution in [2.75, 3.05) is 32.7 Å². The first kappa shape index (κ1) is 21.5. The van der Waals surface area contributed by atoms with E-state index in [1.165, 1.54) is 4.90 Å². The van der Waals surface area contributed by atoms with Crippen molar-refractivity contribution in [3.05, 3.63) is 10.6 Å². The highest BCUT2D eigenvalue weighted by atomic mass is 32.2. The average Bonchev–Trinajstić information content (AvgIpc) is 3.35. The van der Waals surface area contributed by atoms with Gasteiger partial charge < -0.3 is 30.6 Å². The smallest absolute Gasteiger partial charge is 0.353 e. The van der Waals surface area contributed by atoms with Crippen LogP contribution in [0, 0.1) is 23.2 Å². The number of nitrogens with two attached hydrogens (primary N) is 1. The van der Waals surface area contributed by atoms with E-state index in [9.17, 15) is 19.8 Å². The standard InChI is InChI=1S/C20H31N5O4S/c1-10-15-14(11(2)26)18(27)25(15)16(19(28)29)17(10)30-13-4-5-23(9-13)7-12-3-6-24(8-12)20(21)22/h10-15,26H,3-9H2,1-2H3,(H3,21,22)(H,28,29)/t10-,11-,12+,13-,14-,15-/m1/s1. The monoisotopic (exact) mass is 437 g/mol. The number of rotatable bonds is 6. The number of aliphatic carboxylic acids is 1. The molecular formula is C20H31N5O4S. The number of fused-ring (bicyclic) bond motifs is 1. The van der Waals surface area contributed by atoms with E-state index in [-0.39, 0.29) is 29.5 Å². The third kappa shape index (κ3) is 3.58. The fraction of sp³-hybridized carbons (Fsp3) is 0.750.